The summed E-state index contributed by atoms with van der Waals surface area (Å²) in [6, 6.07) is 15.8. The number of rotatable bonds is 4. The maximum Gasteiger partial charge on any atom is 0.252 e. The summed E-state index contributed by atoms with van der Waals surface area (Å²) in [5.74, 6) is -0.0550. The fraction of sp³-hybridized carbons (Fsp3) is 0.238. The molecule has 0 aliphatic heterocycles. The Morgan fingerprint density at radius 2 is 1.80 bits per heavy atom. The van der Waals surface area contributed by atoms with E-state index in [-0.39, 0.29) is 11.9 Å². The molecule has 1 heterocycles. The first-order valence-corrected chi connectivity index (χ1v) is 8.45. The molecule has 4 nitrogen and oxygen atoms in total. The van der Waals surface area contributed by atoms with Gasteiger partial charge in [0.2, 0.25) is 0 Å². The van der Waals surface area contributed by atoms with Crippen LogP contribution in [0.5, 0.6) is 0 Å². The largest absolute Gasteiger partial charge is 0.345 e. The SMILES string of the molecule is Cc1ccc(C)c(C(=O)NC(C)c2cnn(-c3ccccc3)c2C)c1. The van der Waals surface area contributed by atoms with Gasteiger partial charge in [-0.3, -0.25) is 4.79 Å². The van der Waals surface area contributed by atoms with E-state index in [0.717, 1.165) is 33.6 Å². The molecule has 1 N–H and O–H groups in total. The Labute approximate surface area is 148 Å². The Morgan fingerprint density at radius 1 is 1.08 bits per heavy atom. The Bertz CT molecular complexity index is 897. The molecule has 0 bridgehead atoms. The highest BCUT2D eigenvalue weighted by molar-refractivity contribution is 5.96. The maximum absolute atomic E-state index is 12.7. The third-order valence-corrected chi connectivity index (χ3v) is 4.50. The van der Waals surface area contributed by atoms with Gasteiger partial charge in [-0.15, -0.1) is 0 Å². The molecule has 0 saturated carbocycles. The lowest BCUT2D eigenvalue weighted by Crippen LogP contribution is -2.27. The molecule has 0 aliphatic carbocycles. The predicted octanol–water partition coefficient (Wildman–Crippen LogP) is 4.29. The van der Waals surface area contributed by atoms with Gasteiger partial charge in [0.1, 0.15) is 0 Å². The van der Waals surface area contributed by atoms with Gasteiger partial charge in [0.25, 0.3) is 5.91 Å². The molecule has 1 amide bonds. The van der Waals surface area contributed by atoms with E-state index in [4.69, 9.17) is 0 Å². The summed E-state index contributed by atoms with van der Waals surface area (Å²) >= 11 is 0. The van der Waals surface area contributed by atoms with E-state index < -0.39 is 0 Å². The van der Waals surface area contributed by atoms with Gasteiger partial charge >= 0.3 is 0 Å². The normalized spacial score (nSPS) is 12.0. The monoisotopic (exact) mass is 333 g/mol. The number of hydrogen-bond donors (Lipinski definition) is 1. The molecule has 4 heteroatoms. The van der Waals surface area contributed by atoms with Crippen LogP contribution in [0.4, 0.5) is 0 Å². The van der Waals surface area contributed by atoms with E-state index in [1.807, 2.05) is 87.1 Å². The molecule has 3 aromatic rings. The molecular weight excluding hydrogens is 310 g/mol. The van der Waals surface area contributed by atoms with Crippen molar-refractivity contribution < 1.29 is 4.79 Å². The van der Waals surface area contributed by atoms with E-state index in [2.05, 4.69) is 10.4 Å². The third kappa shape index (κ3) is 3.48. The molecule has 128 valence electrons. The first-order chi connectivity index (χ1) is 12.0. The minimum absolute atomic E-state index is 0.0550. The molecule has 1 unspecified atom stereocenters. The minimum Gasteiger partial charge on any atom is -0.345 e. The van der Waals surface area contributed by atoms with Crippen LogP contribution in [0.15, 0.2) is 54.7 Å². The van der Waals surface area contributed by atoms with Crippen LogP contribution in [0.25, 0.3) is 5.69 Å². The van der Waals surface area contributed by atoms with E-state index in [0.29, 0.717) is 0 Å². The van der Waals surface area contributed by atoms with Crippen LogP contribution >= 0.6 is 0 Å². The van der Waals surface area contributed by atoms with Crippen molar-refractivity contribution in [3.8, 4) is 5.69 Å². The number of carbonyl (C=O) groups is 1. The Kier molecular flexibility index (Phi) is 4.70. The molecule has 1 aromatic heterocycles. The summed E-state index contributed by atoms with van der Waals surface area (Å²) in [6.45, 7) is 7.96. The summed E-state index contributed by atoms with van der Waals surface area (Å²) in [4.78, 5) is 12.7. The van der Waals surface area contributed by atoms with Crippen LogP contribution in [-0.4, -0.2) is 15.7 Å². The lowest BCUT2D eigenvalue weighted by Gasteiger charge is -2.15. The first-order valence-electron chi connectivity index (χ1n) is 8.45. The van der Waals surface area contributed by atoms with Gasteiger partial charge in [0, 0.05) is 16.8 Å². The maximum atomic E-state index is 12.7. The first kappa shape index (κ1) is 17.0. The zero-order chi connectivity index (χ0) is 18.0. The van der Waals surface area contributed by atoms with Gasteiger partial charge in [-0.1, -0.05) is 35.9 Å². The van der Waals surface area contributed by atoms with Crippen molar-refractivity contribution >= 4 is 5.91 Å². The van der Waals surface area contributed by atoms with Crippen LogP contribution < -0.4 is 5.32 Å². The van der Waals surface area contributed by atoms with Crippen molar-refractivity contribution in [2.24, 2.45) is 0 Å². The number of benzene rings is 2. The van der Waals surface area contributed by atoms with Crippen LogP contribution in [-0.2, 0) is 0 Å². The van der Waals surface area contributed by atoms with Gasteiger partial charge < -0.3 is 5.32 Å². The second-order valence-electron chi connectivity index (χ2n) is 6.45. The van der Waals surface area contributed by atoms with Crippen LogP contribution in [0.2, 0.25) is 0 Å². The average Bonchev–Trinajstić information content (AvgIpc) is 2.99. The standard InChI is InChI=1S/C21H23N3O/c1-14-10-11-15(2)19(12-14)21(25)23-16(3)20-13-22-24(17(20)4)18-8-6-5-7-9-18/h5-13,16H,1-4H3,(H,23,25). The summed E-state index contributed by atoms with van der Waals surface area (Å²) in [7, 11) is 0. The fourth-order valence-electron chi connectivity index (χ4n) is 3.01. The van der Waals surface area contributed by atoms with E-state index >= 15 is 0 Å². The summed E-state index contributed by atoms with van der Waals surface area (Å²) < 4.78 is 1.90. The van der Waals surface area contributed by atoms with Crippen molar-refractivity contribution in [3.05, 3.63) is 82.7 Å². The molecule has 2 aromatic carbocycles. The molecule has 3 rings (SSSR count). The van der Waals surface area contributed by atoms with Crippen LogP contribution in [0, 0.1) is 20.8 Å². The molecule has 0 spiro atoms. The highest BCUT2D eigenvalue weighted by Crippen LogP contribution is 2.21. The Morgan fingerprint density at radius 3 is 2.52 bits per heavy atom. The topological polar surface area (TPSA) is 46.9 Å². The van der Waals surface area contributed by atoms with Crippen molar-refractivity contribution in [2.75, 3.05) is 0 Å². The average molecular weight is 333 g/mol. The van der Waals surface area contributed by atoms with Crippen LogP contribution in [0.3, 0.4) is 0 Å². The fourth-order valence-corrected chi connectivity index (χ4v) is 3.01. The quantitative estimate of drug-likeness (QED) is 0.774. The second kappa shape index (κ2) is 6.93. The second-order valence-corrected chi connectivity index (χ2v) is 6.45. The van der Waals surface area contributed by atoms with E-state index in [1.165, 1.54) is 0 Å². The van der Waals surface area contributed by atoms with Crippen molar-refractivity contribution in [2.45, 2.75) is 33.7 Å². The lowest BCUT2D eigenvalue weighted by molar-refractivity contribution is 0.0939. The minimum atomic E-state index is -0.120. The predicted molar refractivity (Wildman–Crippen MR) is 100 cm³/mol. The van der Waals surface area contributed by atoms with Gasteiger partial charge in [-0.25, -0.2) is 4.68 Å². The molecule has 0 saturated heterocycles. The molecule has 0 radical (unpaired) electrons. The number of carbonyl (C=O) groups excluding carboxylic acids is 1. The van der Waals surface area contributed by atoms with Crippen molar-refractivity contribution in [1.29, 1.82) is 0 Å². The Hall–Kier alpha value is -2.88. The van der Waals surface area contributed by atoms with Crippen molar-refractivity contribution in [1.82, 2.24) is 15.1 Å². The highest BCUT2D eigenvalue weighted by Gasteiger charge is 2.18. The van der Waals surface area contributed by atoms with Crippen LogP contribution in [0.1, 0.15) is 45.7 Å². The molecule has 0 aliphatic rings. The van der Waals surface area contributed by atoms with E-state index in [9.17, 15) is 4.79 Å². The third-order valence-electron chi connectivity index (χ3n) is 4.50. The molecule has 1 atom stereocenters. The zero-order valence-electron chi connectivity index (χ0n) is 15.1. The zero-order valence-corrected chi connectivity index (χ0v) is 15.1. The Balaban J connectivity index is 1.82. The van der Waals surface area contributed by atoms with Gasteiger partial charge in [-0.05, 0) is 51.5 Å². The van der Waals surface area contributed by atoms with E-state index in [1.54, 1.807) is 0 Å². The summed E-state index contributed by atoms with van der Waals surface area (Å²) in [5, 5.41) is 7.58. The molecule has 0 fully saturated rings. The smallest absolute Gasteiger partial charge is 0.252 e. The number of amides is 1. The van der Waals surface area contributed by atoms with Gasteiger partial charge in [0.05, 0.1) is 17.9 Å². The summed E-state index contributed by atoms with van der Waals surface area (Å²) in [5.41, 5.74) is 5.84. The number of nitrogens with zero attached hydrogens (tertiary/aromatic N) is 2. The molecule has 25 heavy (non-hydrogen) atoms. The number of nitrogens with one attached hydrogen (secondary N) is 1. The number of aryl methyl sites for hydroxylation is 2. The van der Waals surface area contributed by atoms with Gasteiger partial charge in [0.15, 0.2) is 0 Å². The number of hydrogen-bond acceptors (Lipinski definition) is 2. The molecular formula is C21H23N3O. The number of para-hydroxylation sites is 1. The number of aromatic nitrogens is 2. The lowest BCUT2D eigenvalue weighted by atomic mass is 10.0. The summed E-state index contributed by atoms with van der Waals surface area (Å²) in [6.07, 6.45) is 1.83. The van der Waals surface area contributed by atoms with Gasteiger partial charge in [-0.2, -0.15) is 5.10 Å². The van der Waals surface area contributed by atoms with Crippen molar-refractivity contribution in [3.63, 3.8) is 0 Å². The highest BCUT2D eigenvalue weighted by atomic mass is 16.1.